The van der Waals surface area contributed by atoms with E-state index in [1.165, 1.54) is 0 Å². The van der Waals surface area contributed by atoms with Crippen molar-refractivity contribution in [3.63, 3.8) is 0 Å². The number of hydrogen-bond donors (Lipinski definition) is 0. The molecule has 0 bridgehead atoms. The fraction of sp³-hybridized carbons (Fsp3) is 0.125. The van der Waals surface area contributed by atoms with Crippen molar-refractivity contribution in [3.8, 4) is 22.6 Å². The number of fused-ring (bicyclic) bond motifs is 1. The smallest absolute Gasteiger partial charge is 0.200 e. The Morgan fingerprint density at radius 3 is 2.62 bits per heavy atom. The summed E-state index contributed by atoms with van der Waals surface area (Å²) in [7, 11) is 1.58. The molecule has 146 valence electrons. The maximum absolute atomic E-state index is 13.2. The Labute approximate surface area is 173 Å². The number of benzene rings is 3. The number of hydrogen-bond acceptors (Lipinski definition) is 4. The van der Waals surface area contributed by atoms with Gasteiger partial charge in [-0.15, -0.1) is 0 Å². The normalized spacial score (nSPS) is 10.9. The van der Waals surface area contributed by atoms with Crippen LogP contribution >= 0.6 is 11.6 Å². The number of aryl methyl sites for hydroxylation is 1. The molecular weight excluding hydrogens is 388 g/mol. The van der Waals surface area contributed by atoms with Gasteiger partial charge in [0, 0.05) is 16.7 Å². The van der Waals surface area contributed by atoms with Crippen LogP contribution in [-0.4, -0.2) is 7.11 Å². The first-order chi connectivity index (χ1) is 14.1. The monoisotopic (exact) mass is 406 g/mol. The number of methoxy groups -OCH3 is 1. The fourth-order valence-corrected chi connectivity index (χ4v) is 3.54. The lowest BCUT2D eigenvalue weighted by molar-refractivity contribution is 0.306. The van der Waals surface area contributed by atoms with Crippen molar-refractivity contribution in [2.75, 3.05) is 7.11 Å². The minimum Gasteiger partial charge on any atom is -0.496 e. The Kier molecular flexibility index (Phi) is 5.28. The van der Waals surface area contributed by atoms with Gasteiger partial charge in [0.05, 0.1) is 18.1 Å². The highest BCUT2D eigenvalue weighted by Crippen LogP contribution is 2.32. The second-order valence-electron chi connectivity index (χ2n) is 6.64. The molecule has 1 aromatic heterocycles. The van der Waals surface area contributed by atoms with E-state index >= 15 is 0 Å². The van der Waals surface area contributed by atoms with E-state index in [-0.39, 0.29) is 5.43 Å². The standard InChI is InChI=1S/C24H19ClO4/c1-15-23(19-8-3-4-9-21(19)27-2)24(26)20-11-10-18(13-22(20)29-15)28-14-16-6-5-7-17(25)12-16/h3-13H,14H2,1-2H3. The predicted octanol–water partition coefficient (Wildman–Crippen LogP) is 6.01. The first-order valence-electron chi connectivity index (χ1n) is 9.15. The number of para-hydroxylation sites is 1. The Hall–Kier alpha value is -3.24. The van der Waals surface area contributed by atoms with E-state index in [9.17, 15) is 4.79 Å². The lowest BCUT2D eigenvalue weighted by Crippen LogP contribution is -2.08. The van der Waals surface area contributed by atoms with E-state index in [1.54, 1.807) is 32.2 Å². The molecule has 4 aromatic rings. The lowest BCUT2D eigenvalue weighted by Gasteiger charge is -2.12. The highest BCUT2D eigenvalue weighted by molar-refractivity contribution is 6.30. The lowest BCUT2D eigenvalue weighted by atomic mass is 10.0. The molecule has 0 atom stereocenters. The fourth-order valence-electron chi connectivity index (χ4n) is 3.33. The van der Waals surface area contributed by atoms with E-state index < -0.39 is 0 Å². The van der Waals surface area contributed by atoms with Gasteiger partial charge in [-0.3, -0.25) is 4.79 Å². The third kappa shape index (κ3) is 3.84. The zero-order valence-corrected chi connectivity index (χ0v) is 16.8. The summed E-state index contributed by atoms with van der Waals surface area (Å²) in [6, 6.07) is 20.1. The Morgan fingerprint density at radius 1 is 1.00 bits per heavy atom. The average Bonchev–Trinajstić information content (AvgIpc) is 2.72. The molecule has 5 heteroatoms. The third-order valence-electron chi connectivity index (χ3n) is 4.71. The van der Waals surface area contributed by atoms with Gasteiger partial charge in [-0.25, -0.2) is 0 Å². The minimum absolute atomic E-state index is 0.102. The van der Waals surface area contributed by atoms with Crippen LogP contribution in [-0.2, 0) is 6.61 Å². The van der Waals surface area contributed by atoms with Crippen molar-refractivity contribution in [2.45, 2.75) is 13.5 Å². The van der Waals surface area contributed by atoms with E-state index in [1.807, 2.05) is 48.5 Å². The van der Waals surface area contributed by atoms with E-state index in [0.717, 1.165) is 5.56 Å². The Balaban J connectivity index is 1.71. The first-order valence-corrected chi connectivity index (χ1v) is 9.52. The van der Waals surface area contributed by atoms with Crippen molar-refractivity contribution in [2.24, 2.45) is 0 Å². The van der Waals surface area contributed by atoms with Gasteiger partial charge in [0.1, 0.15) is 29.4 Å². The molecule has 0 amide bonds. The van der Waals surface area contributed by atoms with Gasteiger partial charge in [0.15, 0.2) is 0 Å². The van der Waals surface area contributed by atoms with Crippen molar-refractivity contribution in [1.82, 2.24) is 0 Å². The highest BCUT2D eigenvalue weighted by atomic mass is 35.5. The van der Waals surface area contributed by atoms with Crippen LogP contribution in [0.2, 0.25) is 5.02 Å². The van der Waals surface area contributed by atoms with Crippen molar-refractivity contribution in [1.29, 1.82) is 0 Å². The summed E-state index contributed by atoms with van der Waals surface area (Å²) in [5.41, 5.74) is 2.55. The SMILES string of the molecule is COc1ccccc1-c1c(C)oc2cc(OCc3cccc(Cl)c3)ccc2c1=O. The topological polar surface area (TPSA) is 48.7 Å². The second-order valence-corrected chi connectivity index (χ2v) is 7.08. The maximum atomic E-state index is 13.2. The molecule has 0 spiro atoms. The van der Waals surface area contributed by atoms with Crippen molar-refractivity contribution < 1.29 is 13.9 Å². The summed E-state index contributed by atoms with van der Waals surface area (Å²) in [5, 5.41) is 1.15. The molecule has 4 nitrogen and oxygen atoms in total. The maximum Gasteiger partial charge on any atom is 0.200 e. The zero-order chi connectivity index (χ0) is 20.4. The van der Waals surface area contributed by atoms with Crippen LogP contribution in [0.3, 0.4) is 0 Å². The Bertz CT molecular complexity index is 1240. The molecule has 3 aromatic carbocycles. The van der Waals surface area contributed by atoms with E-state index in [4.69, 9.17) is 25.5 Å². The van der Waals surface area contributed by atoms with Gasteiger partial charge < -0.3 is 13.9 Å². The summed E-state index contributed by atoms with van der Waals surface area (Å²) in [5.74, 6) is 1.77. The number of rotatable bonds is 5. The third-order valence-corrected chi connectivity index (χ3v) is 4.95. The molecule has 0 aliphatic heterocycles. The molecule has 0 saturated heterocycles. The van der Waals surface area contributed by atoms with Gasteiger partial charge in [-0.2, -0.15) is 0 Å². The van der Waals surface area contributed by atoms with Gasteiger partial charge in [-0.05, 0) is 42.8 Å². The second kappa shape index (κ2) is 8.02. The van der Waals surface area contributed by atoms with Crippen LogP contribution in [0, 0.1) is 6.92 Å². The molecule has 0 N–H and O–H groups in total. The average molecular weight is 407 g/mol. The molecular formula is C24H19ClO4. The molecule has 0 aliphatic rings. The summed E-state index contributed by atoms with van der Waals surface area (Å²) in [6.07, 6.45) is 0. The molecule has 4 rings (SSSR count). The van der Waals surface area contributed by atoms with Crippen LogP contribution in [0.15, 0.2) is 75.9 Å². The van der Waals surface area contributed by atoms with Crippen LogP contribution in [0.1, 0.15) is 11.3 Å². The van der Waals surface area contributed by atoms with Crippen LogP contribution in [0.25, 0.3) is 22.1 Å². The van der Waals surface area contributed by atoms with E-state index in [0.29, 0.717) is 51.0 Å². The predicted molar refractivity (Wildman–Crippen MR) is 115 cm³/mol. The molecule has 0 radical (unpaired) electrons. The molecule has 0 saturated carbocycles. The van der Waals surface area contributed by atoms with Crippen molar-refractivity contribution in [3.05, 3.63) is 93.3 Å². The van der Waals surface area contributed by atoms with Crippen molar-refractivity contribution >= 4 is 22.6 Å². The molecule has 0 aliphatic carbocycles. The minimum atomic E-state index is -0.102. The summed E-state index contributed by atoms with van der Waals surface area (Å²) >= 11 is 6.01. The number of halogens is 1. The Morgan fingerprint density at radius 2 is 1.83 bits per heavy atom. The highest BCUT2D eigenvalue weighted by Gasteiger charge is 2.17. The zero-order valence-electron chi connectivity index (χ0n) is 16.1. The summed E-state index contributed by atoms with van der Waals surface area (Å²) in [4.78, 5) is 13.2. The first kappa shape index (κ1) is 19.1. The van der Waals surface area contributed by atoms with Gasteiger partial charge in [0.25, 0.3) is 0 Å². The molecule has 0 fully saturated rings. The van der Waals surface area contributed by atoms with E-state index in [2.05, 4.69) is 0 Å². The summed E-state index contributed by atoms with van der Waals surface area (Å²) < 4.78 is 17.2. The summed E-state index contributed by atoms with van der Waals surface area (Å²) in [6.45, 7) is 2.15. The van der Waals surface area contributed by atoms with Crippen LogP contribution in [0.5, 0.6) is 11.5 Å². The number of ether oxygens (including phenoxy) is 2. The quantitative estimate of drug-likeness (QED) is 0.407. The van der Waals surface area contributed by atoms with Crippen LogP contribution in [0.4, 0.5) is 0 Å². The largest absolute Gasteiger partial charge is 0.496 e. The molecule has 1 heterocycles. The van der Waals surface area contributed by atoms with Gasteiger partial charge in [0.2, 0.25) is 5.43 Å². The van der Waals surface area contributed by atoms with Crippen LogP contribution < -0.4 is 14.9 Å². The van der Waals surface area contributed by atoms with Gasteiger partial charge >= 0.3 is 0 Å². The van der Waals surface area contributed by atoms with Gasteiger partial charge in [-0.1, -0.05) is 41.9 Å². The molecule has 29 heavy (non-hydrogen) atoms. The molecule has 0 unspecified atom stereocenters.